The Kier molecular flexibility index (Phi) is 4.73. The number of hydrogen-bond acceptors (Lipinski definition) is 4. The van der Waals surface area contributed by atoms with Crippen molar-refractivity contribution in [3.05, 3.63) is 24.3 Å². The molecule has 116 valence electrons. The van der Waals surface area contributed by atoms with E-state index in [2.05, 4.69) is 26.1 Å². The zero-order valence-corrected chi connectivity index (χ0v) is 13.2. The van der Waals surface area contributed by atoms with Gasteiger partial charge in [0.1, 0.15) is 6.61 Å². The molecule has 0 bridgehead atoms. The lowest BCUT2D eigenvalue weighted by Crippen LogP contribution is -2.31. The first-order valence-corrected chi connectivity index (χ1v) is 7.27. The van der Waals surface area contributed by atoms with E-state index in [1.807, 2.05) is 24.3 Å². The molecule has 0 spiro atoms. The van der Waals surface area contributed by atoms with E-state index < -0.39 is 0 Å². The van der Waals surface area contributed by atoms with Gasteiger partial charge in [-0.05, 0) is 45.4 Å². The van der Waals surface area contributed by atoms with Crippen LogP contribution < -0.4 is 10.2 Å². The lowest BCUT2D eigenvalue weighted by molar-refractivity contribution is 0.0128. The number of nitrogens with one attached hydrogen (secondary N) is 1. The fourth-order valence-electron chi connectivity index (χ4n) is 2.55. The van der Waals surface area contributed by atoms with Crippen molar-refractivity contribution in [2.45, 2.75) is 38.8 Å². The highest BCUT2D eigenvalue weighted by atomic mass is 16.6. The summed E-state index contributed by atoms with van der Waals surface area (Å²) in [6, 6.07) is 8.10. The van der Waals surface area contributed by atoms with Gasteiger partial charge in [0.25, 0.3) is 0 Å². The summed E-state index contributed by atoms with van der Waals surface area (Å²) in [5.74, 6) is 0. The molecule has 0 aromatic heterocycles. The van der Waals surface area contributed by atoms with Crippen molar-refractivity contribution < 1.29 is 14.3 Å². The van der Waals surface area contributed by atoms with Gasteiger partial charge in [-0.3, -0.25) is 4.90 Å². The zero-order valence-electron chi connectivity index (χ0n) is 13.2. The Hall–Kier alpha value is -1.75. The van der Waals surface area contributed by atoms with Gasteiger partial charge in [0, 0.05) is 24.5 Å². The minimum atomic E-state index is -0.277. The van der Waals surface area contributed by atoms with Crippen LogP contribution in [0.2, 0.25) is 0 Å². The fraction of sp³-hybridized carbons (Fsp3) is 0.562. The Labute approximate surface area is 126 Å². The maximum absolute atomic E-state index is 11.6. The SMILES string of the molecule is COC(C)(C)CC(C)Nc1cccc(N2CCOC2=O)c1. The minimum absolute atomic E-state index is 0.164. The number of cyclic esters (lactones) is 1. The molecule has 1 amide bonds. The summed E-state index contributed by atoms with van der Waals surface area (Å²) in [7, 11) is 1.73. The number of hydrogen-bond donors (Lipinski definition) is 1. The summed E-state index contributed by atoms with van der Waals surface area (Å²) >= 11 is 0. The van der Waals surface area contributed by atoms with Gasteiger partial charge in [0.2, 0.25) is 0 Å². The first-order chi connectivity index (χ1) is 9.91. The van der Waals surface area contributed by atoms with Gasteiger partial charge in [-0.2, -0.15) is 0 Å². The van der Waals surface area contributed by atoms with Crippen molar-refractivity contribution in [2.75, 3.05) is 30.5 Å². The topological polar surface area (TPSA) is 50.8 Å². The molecule has 5 heteroatoms. The monoisotopic (exact) mass is 292 g/mol. The van der Waals surface area contributed by atoms with E-state index >= 15 is 0 Å². The molecule has 1 aliphatic heterocycles. The van der Waals surface area contributed by atoms with Crippen LogP contribution in [0.15, 0.2) is 24.3 Å². The molecule has 0 saturated carbocycles. The molecule has 1 N–H and O–H groups in total. The van der Waals surface area contributed by atoms with Crippen molar-refractivity contribution in [3.8, 4) is 0 Å². The van der Waals surface area contributed by atoms with Crippen LogP contribution in [0.25, 0.3) is 0 Å². The molecule has 0 radical (unpaired) electrons. The van der Waals surface area contributed by atoms with Crippen molar-refractivity contribution in [2.24, 2.45) is 0 Å². The normalized spacial score (nSPS) is 16.8. The van der Waals surface area contributed by atoms with Gasteiger partial charge >= 0.3 is 6.09 Å². The number of rotatable bonds is 6. The molecule has 1 unspecified atom stereocenters. The fourth-order valence-corrected chi connectivity index (χ4v) is 2.55. The van der Waals surface area contributed by atoms with Crippen LogP contribution in [0.3, 0.4) is 0 Å². The van der Waals surface area contributed by atoms with Gasteiger partial charge in [0.15, 0.2) is 0 Å². The van der Waals surface area contributed by atoms with Crippen LogP contribution in [0.1, 0.15) is 27.2 Å². The van der Waals surface area contributed by atoms with E-state index in [9.17, 15) is 4.79 Å². The number of nitrogens with zero attached hydrogens (tertiary/aromatic N) is 1. The molecule has 21 heavy (non-hydrogen) atoms. The zero-order chi connectivity index (χ0) is 15.5. The van der Waals surface area contributed by atoms with Crippen LogP contribution in [-0.4, -0.2) is 38.0 Å². The van der Waals surface area contributed by atoms with E-state index in [0.29, 0.717) is 13.2 Å². The van der Waals surface area contributed by atoms with Crippen molar-refractivity contribution in [3.63, 3.8) is 0 Å². The number of carbonyl (C=O) groups is 1. The highest BCUT2D eigenvalue weighted by molar-refractivity contribution is 5.89. The summed E-state index contributed by atoms with van der Waals surface area (Å²) in [6.45, 7) is 7.32. The standard InChI is InChI=1S/C16H24N2O3/c1-12(11-16(2,3)20-4)17-13-6-5-7-14(10-13)18-8-9-21-15(18)19/h5-7,10,12,17H,8-9,11H2,1-4H3. The maximum Gasteiger partial charge on any atom is 0.414 e. The molecule has 2 rings (SSSR count). The van der Waals surface area contributed by atoms with Crippen LogP contribution in [0.4, 0.5) is 16.2 Å². The summed E-state index contributed by atoms with van der Waals surface area (Å²) < 4.78 is 10.4. The Morgan fingerprint density at radius 1 is 1.48 bits per heavy atom. The van der Waals surface area contributed by atoms with Crippen LogP contribution in [0.5, 0.6) is 0 Å². The average Bonchev–Trinajstić information content (AvgIpc) is 2.84. The maximum atomic E-state index is 11.6. The smallest absolute Gasteiger partial charge is 0.414 e. The van der Waals surface area contributed by atoms with Gasteiger partial charge in [-0.25, -0.2) is 4.79 Å². The highest BCUT2D eigenvalue weighted by Gasteiger charge is 2.24. The Morgan fingerprint density at radius 2 is 2.24 bits per heavy atom. The molecule has 5 nitrogen and oxygen atoms in total. The van der Waals surface area contributed by atoms with Gasteiger partial charge in [0.05, 0.1) is 12.1 Å². The van der Waals surface area contributed by atoms with Crippen LogP contribution >= 0.6 is 0 Å². The number of methoxy groups -OCH3 is 1. The number of ether oxygens (including phenoxy) is 2. The van der Waals surface area contributed by atoms with Crippen molar-refractivity contribution in [1.29, 1.82) is 0 Å². The summed E-state index contributed by atoms with van der Waals surface area (Å²) in [6.07, 6.45) is 0.611. The van der Waals surface area contributed by atoms with Crippen molar-refractivity contribution >= 4 is 17.5 Å². The molecule has 1 atom stereocenters. The summed E-state index contributed by atoms with van der Waals surface area (Å²) in [5, 5.41) is 3.45. The largest absolute Gasteiger partial charge is 0.447 e. The van der Waals surface area contributed by atoms with E-state index in [-0.39, 0.29) is 17.7 Å². The Bertz CT molecular complexity index is 502. The molecule has 0 aliphatic carbocycles. The van der Waals surface area contributed by atoms with Crippen molar-refractivity contribution in [1.82, 2.24) is 0 Å². The summed E-state index contributed by atoms with van der Waals surface area (Å²) in [4.78, 5) is 13.2. The third-order valence-electron chi connectivity index (χ3n) is 3.68. The quantitative estimate of drug-likeness (QED) is 0.874. The predicted octanol–water partition coefficient (Wildman–Crippen LogP) is 3.26. The number of benzene rings is 1. The van der Waals surface area contributed by atoms with E-state index in [1.54, 1.807) is 12.0 Å². The van der Waals surface area contributed by atoms with Crippen LogP contribution in [-0.2, 0) is 9.47 Å². The lowest BCUT2D eigenvalue weighted by atomic mass is 9.99. The summed E-state index contributed by atoms with van der Waals surface area (Å²) in [5.41, 5.74) is 1.69. The number of carbonyl (C=O) groups excluding carboxylic acids is 1. The first kappa shape index (κ1) is 15.6. The highest BCUT2D eigenvalue weighted by Crippen LogP contribution is 2.24. The third kappa shape index (κ3) is 4.11. The molecule has 1 saturated heterocycles. The molecule has 1 aromatic rings. The average molecular weight is 292 g/mol. The van der Waals surface area contributed by atoms with Gasteiger partial charge < -0.3 is 14.8 Å². The lowest BCUT2D eigenvalue weighted by Gasteiger charge is -2.27. The predicted molar refractivity (Wildman–Crippen MR) is 83.9 cm³/mol. The molecule has 1 aliphatic rings. The molecule has 1 fully saturated rings. The van der Waals surface area contributed by atoms with E-state index in [1.165, 1.54) is 0 Å². The number of amides is 1. The second kappa shape index (κ2) is 6.35. The Morgan fingerprint density at radius 3 is 2.86 bits per heavy atom. The molecule has 1 heterocycles. The molecule has 1 aromatic carbocycles. The van der Waals surface area contributed by atoms with E-state index in [0.717, 1.165) is 17.8 Å². The van der Waals surface area contributed by atoms with Gasteiger partial charge in [-0.1, -0.05) is 6.07 Å². The second-order valence-corrected chi connectivity index (χ2v) is 6.03. The van der Waals surface area contributed by atoms with Crippen LogP contribution in [0, 0.1) is 0 Å². The Balaban J connectivity index is 2.02. The molecular weight excluding hydrogens is 268 g/mol. The third-order valence-corrected chi connectivity index (χ3v) is 3.68. The molecular formula is C16H24N2O3. The first-order valence-electron chi connectivity index (χ1n) is 7.27. The number of anilines is 2. The van der Waals surface area contributed by atoms with Gasteiger partial charge in [-0.15, -0.1) is 0 Å². The minimum Gasteiger partial charge on any atom is -0.447 e. The second-order valence-electron chi connectivity index (χ2n) is 6.03. The van der Waals surface area contributed by atoms with E-state index in [4.69, 9.17) is 9.47 Å².